The summed E-state index contributed by atoms with van der Waals surface area (Å²) in [5.41, 5.74) is 0.921. The van der Waals surface area contributed by atoms with E-state index in [4.69, 9.17) is 4.74 Å². The fraction of sp³-hybridized carbons (Fsp3) is 0.360. The van der Waals surface area contributed by atoms with Crippen LogP contribution in [0.1, 0.15) is 25.0 Å². The Morgan fingerprint density at radius 2 is 1.61 bits per heavy atom. The van der Waals surface area contributed by atoms with E-state index in [0.717, 1.165) is 5.56 Å². The number of ether oxygens (including phenoxy) is 2. The maximum absolute atomic E-state index is 13.1. The molecule has 2 aromatic carbocycles. The van der Waals surface area contributed by atoms with Crippen LogP contribution in [0.2, 0.25) is 0 Å². The summed E-state index contributed by atoms with van der Waals surface area (Å²) in [6.45, 7) is 2.66. The van der Waals surface area contributed by atoms with Crippen molar-refractivity contribution in [2.45, 2.75) is 25.9 Å². The molecule has 1 fully saturated rings. The van der Waals surface area contributed by atoms with E-state index in [1.54, 1.807) is 21.9 Å². The van der Waals surface area contributed by atoms with Gasteiger partial charge in [-0.2, -0.15) is 8.78 Å². The van der Waals surface area contributed by atoms with Crippen molar-refractivity contribution in [3.05, 3.63) is 65.7 Å². The van der Waals surface area contributed by atoms with Gasteiger partial charge in [-0.25, -0.2) is 0 Å². The summed E-state index contributed by atoms with van der Waals surface area (Å²) < 4.78 is 34.4. The molecule has 0 aliphatic carbocycles. The number of amides is 2. The van der Waals surface area contributed by atoms with Gasteiger partial charge in [-0.05, 0) is 43.2 Å². The highest BCUT2D eigenvalue weighted by molar-refractivity contribution is 5.92. The minimum absolute atomic E-state index is 0.0366. The third kappa shape index (κ3) is 5.88. The molecule has 0 spiro atoms. The average molecular weight is 459 g/mol. The van der Waals surface area contributed by atoms with Crippen LogP contribution in [0.15, 0.2) is 54.6 Å². The minimum Gasteiger partial charge on any atom is -0.493 e. The molecule has 0 aromatic heterocycles. The highest BCUT2D eigenvalue weighted by atomic mass is 19.3. The number of carbonyl (C=O) groups excluding carboxylic acids is 2. The van der Waals surface area contributed by atoms with Gasteiger partial charge in [0.2, 0.25) is 11.8 Å². The Balaban J connectivity index is 1.58. The zero-order valence-electron chi connectivity index (χ0n) is 19.0. The van der Waals surface area contributed by atoms with E-state index in [2.05, 4.69) is 4.74 Å². The Bertz CT molecular complexity index is 1000. The zero-order chi connectivity index (χ0) is 24.0. The molecule has 0 N–H and O–H groups in total. The van der Waals surface area contributed by atoms with Crippen molar-refractivity contribution in [3.63, 3.8) is 0 Å². The normalized spacial score (nSPS) is 14.6. The third-order valence-corrected chi connectivity index (χ3v) is 5.73. The fourth-order valence-electron chi connectivity index (χ4n) is 3.76. The Kier molecular flexibility index (Phi) is 7.68. The number of hydrogen-bond acceptors (Lipinski definition) is 4. The maximum Gasteiger partial charge on any atom is 0.387 e. The predicted octanol–water partition coefficient (Wildman–Crippen LogP) is 3.96. The van der Waals surface area contributed by atoms with E-state index in [-0.39, 0.29) is 23.3 Å². The first-order valence-corrected chi connectivity index (χ1v) is 10.7. The second-order valence-corrected chi connectivity index (χ2v) is 8.23. The molecule has 1 heterocycles. The second-order valence-electron chi connectivity index (χ2n) is 8.23. The van der Waals surface area contributed by atoms with Crippen LogP contribution in [-0.4, -0.2) is 61.5 Å². The monoisotopic (exact) mass is 458 g/mol. The molecule has 1 aliphatic heterocycles. The number of halogens is 2. The smallest absolute Gasteiger partial charge is 0.387 e. The molecule has 1 saturated heterocycles. The SMILES string of the molecule is COc1cc(/C=C/C(=O)N2CCN(C(=O)C(C)(C)c3ccccc3)CC2)ccc1OC(F)F. The number of hydrogen-bond donors (Lipinski definition) is 0. The summed E-state index contributed by atoms with van der Waals surface area (Å²) in [6.07, 6.45) is 3.01. The van der Waals surface area contributed by atoms with E-state index in [1.165, 1.54) is 25.3 Å². The lowest BCUT2D eigenvalue weighted by molar-refractivity contribution is -0.141. The van der Waals surface area contributed by atoms with Crippen molar-refractivity contribution in [2.75, 3.05) is 33.3 Å². The molecule has 33 heavy (non-hydrogen) atoms. The number of alkyl halides is 2. The lowest BCUT2D eigenvalue weighted by Gasteiger charge is -2.38. The number of carbonyl (C=O) groups is 2. The number of methoxy groups -OCH3 is 1. The van der Waals surface area contributed by atoms with Gasteiger partial charge in [-0.15, -0.1) is 0 Å². The van der Waals surface area contributed by atoms with Crippen LogP contribution < -0.4 is 9.47 Å². The Labute approximate surface area is 192 Å². The number of rotatable bonds is 7. The molecule has 8 heteroatoms. The van der Waals surface area contributed by atoms with Gasteiger partial charge in [0.1, 0.15) is 0 Å². The van der Waals surface area contributed by atoms with Crippen LogP contribution in [0.4, 0.5) is 8.78 Å². The molecule has 0 bridgehead atoms. The zero-order valence-corrected chi connectivity index (χ0v) is 19.0. The fourth-order valence-corrected chi connectivity index (χ4v) is 3.76. The van der Waals surface area contributed by atoms with Gasteiger partial charge >= 0.3 is 6.61 Å². The van der Waals surface area contributed by atoms with Crippen molar-refractivity contribution in [1.29, 1.82) is 0 Å². The van der Waals surface area contributed by atoms with Gasteiger partial charge < -0.3 is 19.3 Å². The summed E-state index contributed by atoms with van der Waals surface area (Å²) in [5.74, 6) is -0.0703. The van der Waals surface area contributed by atoms with Crippen LogP contribution in [0, 0.1) is 0 Å². The van der Waals surface area contributed by atoms with Gasteiger partial charge in [-0.1, -0.05) is 36.4 Å². The Hall–Kier alpha value is -3.42. The van der Waals surface area contributed by atoms with E-state index < -0.39 is 12.0 Å². The van der Waals surface area contributed by atoms with Gasteiger partial charge in [0.05, 0.1) is 12.5 Å². The lowest BCUT2D eigenvalue weighted by Crippen LogP contribution is -2.54. The Morgan fingerprint density at radius 1 is 0.970 bits per heavy atom. The van der Waals surface area contributed by atoms with Gasteiger partial charge in [-0.3, -0.25) is 9.59 Å². The van der Waals surface area contributed by atoms with Crippen molar-refractivity contribution in [2.24, 2.45) is 0 Å². The van der Waals surface area contributed by atoms with Crippen molar-refractivity contribution in [3.8, 4) is 11.5 Å². The molecule has 2 aromatic rings. The summed E-state index contributed by atoms with van der Waals surface area (Å²) in [6, 6.07) is 14.1. The van der Waals surface area contributed by atoms with E-state index in [0.29, 0.717) is 31.7 Å². The molecule has 3 rings (SSSR count). The summed E-state index contributed by atoms with van der Waals surface area (Å²) in [7, 11) is 1.35. The molecular weight excluding hydrogens is 430 g/mol. The molecular formula is C25H28F2N2O4. The maximum atomic E-state index is 13.1. The number of benzene rings is 2. The van der Waals surface area contributed by atoms with Crippen LogP contribution in [0.25, 0.3) is 6.08 Å². The highest BCUT2D eigenvalue weighted by Gasteiger charge is 2.35. The quantitative estimate of drug-likeness (QED) is 0.590. The van der Waals surface area contributed by atoms with Crippen LogP contribution in [0.3, 0.4) is 0 Å². The molecule has 2 amide bonds. The predicted molar refractivity (Wildman–Crippen MR) is 121 cm³/mol. The lowest BCUT2D eigenvalue weighted by atomic mass is 9.83. The average Bonchev–Trinajstić information content (AvgIpc) is 2.83. The van der Waals surface area contributed by atoms with Gasteiger partial charge in [0.15, 0.2) is 11.5 Å². The Morgan fingerprint density at radius 3 is 2.21 bits per heavy atom. The first kappa shape index (κ1) is 24.2. The largest absolute Gasteiger partial charge is 0.493 e. The summed E-state index contributed by atoms with van der Waals surface area (Å²) >= 11 is 0. The standard InChI is InChI=1S/C25H28F2N2O4/c1-25(2,19-7-5-4-6-8-19)23(31)29-15-13-28(14-16-29)22(30)12-10-18-9-11-20(33-24(26)27)21(17-18)32-3/h4-12,17,24H,13-16H2,1-3H3/b12-10+. The minimum atomic E-state index is -2.95. The van der Waals surface area contributed by atoms with Gasteiger partial charge in [0.25, 0.3) is 0 Å². The van der Waals surface area contributed by atoms with E-state index in [1.807, 2.05) is 44.2 Å². The molecule has 0 radical (unpaired) electrons. The van der Waals surface area contributed by atoms with E-state index in [9.17, 15) is 18.4 Å². The summed E-state index contributed by atoms with van der Waals surface area (Å²) in [5, 5.41) is 0. The van der Waals surface area contributed by atoms with Crippen LogP contribution in [0.5, 0.6) is 11.5 Å². The van der Waals surface area contributed by atoms with Gasteiger partial charge in [0, 0.05) is 32.3 Å². The van der Waals surface area contributed by atoms with Crippen LogP contribution in [-0.2, 0) is 15.0 Å². The number of piperazine rings is 1. The third-order valence-electron chi connectivity index (χ3n) is 5.73. The first-order chi connectivity index (χ1) is 15.7. The number of nitrogens with zero attached hydrogens (tertiary/aromatic N) is 2. The van der Waals surface area contributed by atoms with Crippen molar-refractivity contribution >= 4 is 17.9 Å². The second kappa shape index (κ2) is 10.5. The highest BCUT2D eigenvalue weighted by Crippen LogP contribution is 2.30. The van der Waals surface area contributed by atoms with Crippen LogP contribution >= 0.6 is 0 Å². The summed E-state index contributed by atoms with van der Waals surface area (Å²) in [4.78, 5) is 29.2. The van der Waals surface area contributed by atoms with Crippen molar-refractivity contribution in [1.82, 2.24) is 9.80 Å². The molecule has 1 aliphatic rings. The molecule has 0 atom stereocenters. The molecule has 6 nitrogen and oxygen atoms in total. The molecule has 176 valence electrons. The van der Waals surface area contributed by atoms with E-state index >= 15 is 0 Å². The first-order valence-electron chi connectivity index (χ1n) is 10.7. The molecule has 0 unspecified atom stereocenters. The topological polar surface area (TPSA) is 59.1 Å². The molecule has 0 saturated carbocycles. The van der Waals surface area contributed by atoms with Crippen molar-refractivity contribution < 1.29 is 27.8 Å².